The lowest BCUT2D eigenvalue weighted by atomic mass is 10.1. The van der Waals surface area contributed by atoms with Crippen LogP contribution < -0.4 is 16.2 Å². The zero-order chi connectivity index (χ0) is 9.84. The minimum Gasteiger partial charge on any atom is -0.360 e. The number of hydrogen-bond acceptors (Lipinski definition) is 3. The van der Waals surface area contributed by atoms with Gasteiger partial charge in [-0.3, -0.25) is 5.84 Å². The fraction of sp³-hybridized carbons (Fsp3) is 0.400. The number of benzene rings is 1. The molecule has 1 aromatic carbocycles. The monoisotopic (exact) mass is 179 g/mol. The summed E-state index contributed by atoms with van der Waals surface area (Å²) in [7, 11) is 2.01. The van der Waals surface area contributed by atoms with E-state index < -0.39 is 0 Å². The molecule has 3 nitrogen and oxygen atoms in total. The van der Waals surface area contributed by atoms with E-state index in [1.807, 2.05) is 7.05 Å². The minimum atomic E-state index is 0.657. The highest BCUT2D eigenvalue weighted by molar-refractivity contribution is 5.53. The van der Waals surface area contributed by atoms with Crippen LogP contribution in [0.5, 0.6) is 0 Å². The summed E-state index contributed by atoms with van der Waals surface area (Å²) in [4.78, 5) is 2.08. The standard InChI is InChI=1S/C10H17N3/c1-8-4-5-10(9(2)6-8)13(3)7-12-11/h4-6,12H,7,11H2,1-3H3. The van der Waals surface area contributed by atoms with Crippen molar-refractivity contribution in [3.05, 3.63) is 29.3 Å². The van der Waals surface area contributed by atoms with Gasteiger partial charge in [0, 0.05) is 12.7 Å². The zero-order valence-electron chi connectivity index (χ0n) is 8.46. The van der Waals surface area contributed by atoms with Crippen LogP contribution in [-0.4, -0.2) is 13.7 Å². The van der Waals surface area contributed by atoms with E-state index in [9.17, 15) is 0 Å². The molecule has 0 aliphatic rings. The summed E-state index contributed by atoms with van der Waals surface area (Å²) >= 11 is 0. The molecule has 3 heteroatoms. The van der Waals surface area contributed by atoms with Crippen molar-refractivity contribution in [3.8, 4) is 0 Å². The Morgan fingerprint density at radius 2 is 2.08 bits per heavy atom. The largest absolute Gasteiger partial charge is 0.360 e. The number of rotatable bonds is 3. The molecule has 0 atom stereocenters. The Morgan fingerprint density at radius 3 is 2.62 bits per heavy atom. The molecule has 72 valence electrons. The van der Waals surface area contributed by atoms with Crippen LogP contribution in [0.3, 0.4) is 0 Å². The van der Waals surface area contributed by atoms with Gasteiger partial charge in [-0.1, -0.05) is 17.7 Å². The first kappa shape index (κ1) is 10.0. The fourth-order valence-corrected chi connectivity index (χ4v) is 1.46. The van der Waals surface area contributed by atoms with Gasteiger partial charge in [0.25, 0.3) is 0 Å². The third kappa shape index (κ3) is 2.44. The van der Waals surface area contributed by atoms with Gasteiger partial charge in [-0.05, 0) is 25.5 Å². The van der Waals surface area contributed by atoms with Gasteiger partial charge >= 0.3 is 0 Å². The number of nitrogens with two attached hydrogens (primary N) is 1. The molecule has 0 spiro atoms. The molecule has 0 aromatic heterocycles. The molecule has 3 N–H and O–H groups in total. The molecule has 0 amide bonds. The van der Waals surface area contributed by atoms with Crippen molar-refractivity contribution in [3.63, 3.8) is 0 Å². The summed E-state index contributed by atoms with van der Waals surface area (Å²) in [6.45, 7) is 4.86. The van der Waals surface area contributed by atoms with Crippen molar-refractivity contribution >= 4 is 5.69 Å². The van der Waals surface area contributed by atoms with Gasteiger partial charge in [-0.25, -0.2) is 5.43 Å². The Bertz CT molecular complexity index is 283. The highest BCUT2D eigenvalue weighted by Crippen LogP contribution is 2.18. The van der Waals surface area contributed by atoms with E-state index >= 15 is 0 Å². The molecule has 13 heavy (non-hydrogen) atoms. The number of nitrogens with zero attached hydrogens (tertiary/aromatic N) is 1. The molecule has 0 heterocycles. The van der Waals surface area contributed by atoms with Crippen LogP contribution in [0.2, 0.25) is 0 Å². The van der Waals surface area contributed by atoms with E-state index in [2.05, 4.69) is 42.4 Å². The number of hydrazine groups is 1. The Hall–Kier alpha value is -1.06. The van der Waals surface area contributed by atoms with Gasteiger partial charge in [0.2, 0.25) is 0 Å². The number of nitrogens with one attached hydrogen (secondary N) is 1. The number of anilines is 1. The van der Waals surface area contributed by atoms with Gasteiger partial charge in [-0.2, -0.15) is 0 Å². The van der Waals surface area contributed by atoms with Crippen LogP contribution in [0.15, 0.2) is 18.2 Å². The van der Waals surface area contributed by atoms with E-state index in [-0.39, 0.29) is 0 Å². The van der Waals surface area contributed by atoms with Gasteiger partial charge in [0.15, 0.2) is 0 Å². The lowest BCUT2D eigenvalue weighted by Crippen LogP contribution is -2.35. The summed E-state index contributed by atoms with van der Waals surface area (Å²) in [5, 5.41) is 0. The predicted molar refractivity (Wildman–Crippen MR) is 56.5 cm³/mol. The summed E-state index contributed by atoms with van der Waals surface area (Å²) in [5.41, 5.74) is 6.41. The highest BCUT2D eigenvalue weighted by atomic mass is 15.3. The third-order valence-electron chi connectivity index (χ3n) is 2.09. The highest BCUT2D eigenvalue weighted by Gasteiger charge is 2.02. The number of hydrogen-bond donors (Lipinski definition) is 2. The van der Waals surface area contributed by atoms with Gasteiger partial charge in [0.05, 0.1) is 6.67 Å². The Morgan fingerprint density at radius 1 is 1.38 bits per heavy atom. The summed E-state index contributed by atoms with van der Waals surface area (Å²) in [6.07, 6.45) is 0. The Labute approximate surface area is 79.5 Å². The van der Waals surface area contributed by atoms with Crippen molar-refractivity contribution in [2.75, 3.05) is 18.6 Å². The van der Waals surface area contributed by atoms with Crippen LogP contribution in [0.1, 0.15) is 11.1 Å². The molecule has 1 aromatic rings. The van der Waals surface area contributed by atoms with Crippen LogP contribution in [0.4, 0.5) is 5.69 Å². The van der Waals surface area contributed by atoms with E-state index in [0.717, 1.165) is 0 Å². The third-order valence-corrected chi connectivity index (χ3v) is 2.09. The lowest BCUT2D eigenvalue weighted by molar-refractivity contribution is 0.716. The molecular formula is C10H17N3. The topological polar surface area (TPSA) is 41.3 Å². The first-order chi connectivity index (χ1) is 6.15. The second-order valence-electron chi connectivity index (χ2n) is 3.35. The van der Waals surface area contributed by atoms with E-state index in [1.165, 1.54) is 16.8 Å². The smallest absolute Gasteiger partial charge is 0.0805 e. The van der Waals surface area contributed by atoms with Gasteiger partial charge in [-0.15, -0.1) is 0 Å². The van der Waals surface area contributed by atoms with Crippen LogP contribution in [0, 0.1) is 13.8 Å². The van der Waals surface area contributed by atoms with Crippen molar-refractivity contribution in [1.82, 2.24) is 5.43 Å². The fourth-order valence-electron chi connectivity index (χ4n) is 1.46. The predicted octanol–water partition coefficient (Wildman–Crippen LogP) is 1.16. The molecule has 0 radical (unpaired) electrons. The van der Waals surface area contributed by atoms with Crippen molar-refractivity contribution in [2.24, 2.45) is 5.84 Å². The summed E-state index contributed by atoms with van der Waals surface area (Å²) < 4.78 is 0. The van der Waals surface area contributed by atoms with Crippen LogP contribution >= 0.6 is 0 Å². The summed E-state index contributed by atoms with van der Waals surface area (Å²) in [5.74, 6) is 5.26. The molecule has 0 saturated carbocycles. The van der Waals surface area contributed by atoms with Gasteiger partial charge < -0.3 is 4.90 Å². The molecule has 0 aliphatic heterocycles. The maximum Gasteiger partial charge on any atom is 0.0805 e. The normalized spacial score (nSPS) is 10.2. The second kappa shape index (κ2) is 4.25. The van der Waals surface area contributed by atoms with E-state index in [1.54, 1.807) is 0 Å². The number of aryl methyl sites for hydroxylation is 2. The first-order valence-corrected chi connectivity index (χ1v) is 4.37. The van der Waals surface area contributed by atoms with Crippen LogP contribution in [0.25, 0.3) is 0 Å². The molecule has 1 rings (SSSR count). The Kier molecular flexibility index (Phi) is 3.28. The van der Waals surface area contributed by atoms with E-state index in [0.29, 0.717) is 6.67 Å². The maximum absolute atomic E-state index is 5.26. The molecule has 0 saturated heterocycles. The average molecular weight is 179 g/mol. The SMILES string of the molecule is Cc1ccc(N(C)CNN)c(C)c1. The first-order valence-electron chi connectivity index (χ1n) is 4.37. The molecule has 0 bridgehead atoms. The molecular weight excluding hydrogens is 162 g/mol. The van der Waals surface area contributed by atoms with Crippen molar-refractivity contribution in [1.29, 1.82) is 0 Å². The van der Waals surface area contributed by atoms with Crippen molar-refractivity contribution in [2.45, 2.75) is 13.8 Å². The average Bonchev–Trinajstić information content (AvgIpc) is 2.04. The molecule has 0 aliphatic carbocycles. The Balaban J connectivity index is 2.88. The zero-order valence-corrected chi connectivity index (χ0v) is 8.46. The quantitative estimate of drug-likeness (QED) is 0.415. The van der Waals surface area contributed by atoms with E-state index in [4.69, 9.17) is 5.84 Å². The molecule has 0 unspecified atom stereocenters. The van der Waals surface area contributed by atoms with Gasteiger partial charge in [0.1, 0.15) is 0 Å². The minimum absolute atomic E-state index is 0.657. The lowest BCUT2D eigenvalue weighted by Gasteiger charge is -2.20. The summed E-state index contributed by atoms with van der Waals surface area (Å²) in [6, 6.07) is 6.39. The van der Waals surface area contributed by atoms with Crippen LogP contribution in [-0.2, 0) is 0 Å². The second-order valence-corrected chi connectivity index (χ2v) is 3.35. The molecule has 0 fully saturated rings. The maximum atomic E-state index is 5.26. The van der Waals surface area contributed by atoms with Crippen molar-refractivity contribution < 1.29 is 0 Å².